The number of carbonyl (C=O) groups excluding carboxylic acids is 1. The van der Waals surface area contributed by atoms with Gasteiger partial charge >= 0.3 is 0 Å². The second-order valence-electron chi connectivity index (χ2n) is 6.98. The van der Waals surface area contributed by atoms with E-state index in [1.54, 1.807) is 4.90 Å². The van der Waals surface area contributed by atoms with Gasteiger partial charge in [-0.15, -0.1) is 0 Å². The van der Waals surface area contributed by atoms with Gasteiger partial charge in [0, 0.05) is 36.3 Å². The molecule has 0 aliphatic carbocycles. The number of benzene rings is 2. The number of aromatic nitrogens is 2. The highest BCUT2D eigenvalue weighted by molar-refractivity contribution is 5.94. The van der Waals surface area contributed by atoms with Gasteiger partial charge in [-0.05, 0) is 43.2 Å². The molecule has 2 heterocycles. The van der Waals surface area contributed by atoms with E-state index in [1.807, 2.05) is 0 Å². The molecule has 1 aliphatic heterocycles. The Balaban J connectivity index is 1.49. The first-order chi connectivity index (χ1) is 14.4. The van der Waals surface area contributed by atoms with Gasteiger partial charge in [-0.25, -0.2) is 8.78 Å². The van der Waals surface area contributed by atoms with Gasteiger partial charge in [0.2, 0.25) is 11.7 Å². The van der Waals surface area contributed by atoms with Crippen LogP contribution < -0.4 is 0 Å². The Morgan fingerprint density at radius 2 is 1.93 bits per heavy atom. The SMILES string of the molecule is O=C(c1ccc(F)c(F)c1)N1CCCC(c2nc(-c3ccc([N+](=O)[O-])cc3)no2)C1. The van der Waals surface area contributed by atoms with Crippen molar-refractivity contribution in [2.24, 2.45) is 0 Å². The van der Waals surface area contributed by atoms with Crippen molar-refractivity contribution in [3.05, 3.63) is 75.7 Å². The fraction of sp³-hybridized carbons (Fsp3) is 0.250. The van der Waals surface area contributed by atoms with Crippen LogP contribution in [0.4, 0.5) is 14.5 Å². The zero-order chi connectivity index (χ0) is 21.3. The van der Waals surface area contributed by atoms with Crippen LogP contribution in [0, 0.1) is 21.7 Å². The molecule has 30 heavy (non-hydrogen) atoms. The number of non-ortho nitro benzene ring substituents is 1. The average molecular weight is 414 g/mol. The van der Waals surface area contributed by atoms with Crippen LogP contribution >= 0.6 is 0 Å². The van der Waals surface area contributed by atoms with Gasteiger partial charge in [0.15, 0.2) is 11.6 Å². The lowest BCUT2D eigenvalue weighted by molar-refractivity contribution is -0.384. The highest BCUT2D eigenvalue weighted by Crippen LogP contribution is 2.29. The monoisotopic (exact) mass is 414 g/mol. The first-order valence-electron chi connectivity index (χ1n) is 9.25. The summed E-state index contributed by atoms with van der Waals surface area (Å²) in [6.07, 6.45) is 1.42. The van der Waals surface area contributed by atoms with Gasteiger partial charge in [-0.1, -0.05) is 5.16 Å². The van der Waals surface area contributed by atoms with E-state index >= 15 is 0 Å². The summed E-state index contributed by atoms with van der Waals surface area (Å²) in [7, 11) is 0. The molecule has 4 rings (SSSR count). The van der Waals surface area contributed by atoms with E-state index in [2.05, 4.69) is 10.1 Å². The molecular formula is C20H16F2N4O4. The van der Waals surface area contributed by atoms with Crippen molar-refractivity contribution in [1.82, 2.24) is 15.0 Å². The molecule has 0 N–H and O–H groups in total. The van der Waals surface area contributed by atoms with E-state index in [9.17, 15) is 23.7 Å². The maximum Gasteiger partial charge on any atom is 0.269 e. The zero-order valence-electron chi connectivity index (χ0n) is 15.6. The number of halogens is 2. The van der Waals surface area contributed by atoms with Gasteiger partial charge < -0.3 is 9.42 Å². The molecule has 0 bridgehead atoms. The molecular weight excluding hydrogens is 398 g/mol. The lowest BCUT2D eigenvalue weighted by Gasteiger charge is -2.31. The molecule has 2 aromatic carbocycles. The van der Waals surface area contributed by atoms with Crippen molar-refractivity contribution in [3.63, 3.8) is 0 Å². The predicted molar refractivity (Wildman–Crippen MR) is 101 cm³/mol. The number of amides is 1. The molecule has 154 valence electrons. The smallest absolute Gasteiger partial charge is 0.269 e. The Morgan fingerprint density at radius 1 is 1.17 bits per heavy atom. The topological polar surface area (TPSA) is 102 Å². The molecule has 0 spiro atoms. The Kier molecular flexibility index (Phi) is 5.21. The molecule has 1 atom stereocenters. The Labute approximate surface area is 169 Å². The van der Waals surface area contributed by atoms with Crippen molar-refractivity contribution >= 4 is 11.6 Å². The second-order valence-corrected chi connectivity index (χ2v) is 6.98. The number of nitrogens with zero attached hydrogens (tertiary/aromatic N) is 4. The number of nitro groups is 1. The van der Waals surface area contributed by atoms with Gasteiger partial charge in [0.1, 0.15) is 0 Å². The number of hydrogen-bond acceptors (Lipinski definition) is 6. The normalized spacial score (nSPS) is 16.5. The third kappa shape index (κ3) is 3.88. The summed E-state index contributed by atoms with van der Waals surface area (Å²) in [5.41, 5.74) is 0.605. The highest BCUT2D eigenvalue weighted by atomic mass is 19.2. The molecule has 1 aromatic heterocycles. The van der Waals surface area contributed by atoms with Crippen LogP contribution in [0.1, 0.15) is 35.0 Å². The van der Waals surface area contributed by atoms with Gasteiger partial charge in [0.05, 0.1) is 10.8 Å². The van der Waals surface area contributed by atoms with Crippen LogP contribution in [-0.4, -0.2) is 39.0 Å². The molecule has 1 unspecified atom stereocenters. The molecule has 1 amide bonds. The standard InChI is InChI=1S/C20H16F2N4O4/c21-16-8-5-13(10-17(16)22)20(27)25-9-1-2-14(11-25)19-23-18(24-30-19)12-3-6-15(7-4-12)26(28)29/h3-8,10,14H,1-2,9,11H2. The highest BCUT2D eigenvalue weighted by Gasteiger charge is 2.29. The number of piperidine rings is 1. The summed E-state index contributed by atoms with van der Waals surface area (Å²) >= 11 is 0. The molecule has 0 saturated carbocycles. The van der Waals surface area contributed by atoms with Crippen LogP contribution in [-0.2, 0) is 0 Å². The molecule has 3 aromatic rings. The summed E-state index contributed by atoms with van der Waals surface area (Å²) in [5, 5.41) is 14.7. The van der Waals surface area contributed by atoms with E-state index in [-0.39, 0.29) is 17.2 Å². The molecule has 0 radical (unpaired) electrons. The van der Waals surface area contributed by atoms with E-state index in [0.29, 0.717) is 36.8 Å². The first kappa shape index (κ1) is 19.6. The summed E-state index contributed by atoms with van der Waals surface area (Å²) in [6.45, 7) is 0.789. The maximum absolute atomic E-state index is 13.5. The van der Waals surface area contributed by atoms with Crippen LogP contribution in [0.15, 0.2) is 47.0 Å². The van der Waals surface area contributed by atoms with Crippen LogP contribution in [0.25, 0.3) is 11.4 Å². The minimum absolute atomic E-state index is 0.0406. The van der Waals surface area contributed by atoms with Gasteiger partial charge in [-0.2, -0.15) is 4.98 Å². The Bertz CT molecular complexity index is 1100. The zero-order valence-corrected chi connectivity index (χ0v) is 15.6. The third-order valence-electron chi connectivity index (χ3n) is 5.00. The van der Waals surface area contributed by atoms with E-state index in [0.717, 1.165) is 18.6 Å². The number of hydrogen-bond donors (Lipinski definition) is 0. The van der Waals surface area contributed by atoms with Crippen LogP contribution in [0.2, 0.25) is 0 Å². The number of rotatable bonds is 4. The summed E-state index contributed by atoms with van der Waals surface area (Å²) < 4.78 is 32.0. The number of carbonyl (C=O) groups is 1. The molecule has 1 fully saturated rings. The van der Waals surface area contributed by atoms with Gasteiger partial charge in [-0.3, -0.25) is 14.9 Å². The molecule has 8 nitrogen and oxygen atoms in total. The largest absolute Gasteiger partial charge is 0.339 e. The van der Waals surface area contributed by atoms with Crippen molar-refractivity contribution in [2.75, 3.05) is 13.1 Å². The van der Waals surface area contributed by atoms with Crippen LogP contribution in [0.3, 0.4) is 0 Å². The van der Waals surface area contributed by atoms with Crippen molar-refractivity contribution in [3.8, 4) is 11.4 Å². The average Bonchev–Trinajstić information content (AvgIpc) is 3.26. The second kappa shape index (κ2) is 7.97. The molecule has 10 heteroatoms. The van der Waals surface area contributed by atoms with Crippen LogP contribution in [0.5, 0.6) is 0 Å². The lowest BCUT2D eigenvalue weighted by Crippen LogP contribution is -2.39. The maximum atomic E-state index is 13.5. The Morgan fingerprint density at radius 3 is 2.63 bits per heavy atom. The van der Waals surface area contributed by atoms with Crippen molar-refractivity contribution < 1.29 is 23.0 Å². The van der Waals surface area contributed by atoms with E-state index in [4.69, 9.17) is 4.52 Å². The van der Waals surface area contributed by atoms with E-state index in [1.165, 1.54) is 30.3 Å². The van der Waals surface area contributed by atoms with Gasteiger partial charge in [0.25, 0.3) is 11.6 Å². The number of nitro benzene ring substituents is 1. The first-order valence-corrected chi connectivity index (χ1v) is 9.25. The quantitative estimate of drug-likeness (QED) is 0.473. The van der Waals surface area contributed by atoms with Crippen molar-refractivity contribution in [2.45, 2.75) is 18.8 Å². The summed E-state index contributed by atoms with van der Waals surface area (Å²) in [6, 6.07) is 8.85. The lowest BCUT2D eigenvalue weighted by atomic mass is 9.97. The minimum Gasteiger partial charge on any atom is -0.339 e. The summed E-state index contributed by atoms with van der Waals surface area (Å²) in [5.74, 6) is -2.03. The Hall–Kier alpha value is -3.69. The molecule has 1 saturated heterocycles. The number of likely N-dealkylation sites (tertiary alicyclic amines) is 1. The van der Waals surface area contributed by atoms with E-state index < -0.39 is 22.5 Å². The fourth-order valence-corrected chi connectivity index (χ4v) is 3.43. The fourth-order valence-electron chi connectivity index (χ4n) is 3.43. The predicted octanol–water partition coefficient (Wildman–Crippen LogP) is 3.94. The molecule has 1 aliphatic rings. The summed E-state index contributed by atoms with van der Waals surface area (Å²) in [4.78, 5) is 28.9. The minimum atomic E-state index is -1.07. The third-order valence-corrected chi connectivity index (χ3v) is 5.00. The van der Waals surface area contributed by atoms with Crippen molar-refractivity contribution in [1.29, 1.82) is 0 Å².